The minimum absolute atomic E-state index is 0.868. The largest absolute Gasteiger partial charge is 0.494 e. The average molecular weight is 204 g/mol. The average Bonchev–Trinajstić information content (AvgIpc) is 2.71. The number of hydrogen-bond acceptors (Lipinski definition) is 1. The second-order valence-electron chi connectivity index (χ2n) is 4.34. The molecule has 0 heterocycles. The summed E-state index contributed by atoms with van der Waals surface area (Å²) in [6, 6.07) is 6.59. The van der Waals surface area contributed by atoms with Gasteiger partial charge in [-0.05, 0) is 48.9 Å². The fourth-order valence-electron chi connectivity index (χ4n) is 2.18. The number of benzene rings is 1. The van der Waals surface area contributed by atoms with Crippen molar-refractivity contribution in [3.05, 3.63) is 29.3 Å². The SMILES string of the molecule is CCCCCOc1ccc2c(c1)CCC2. The predicted octanol–water partition coefficient (Wildman–Crippen LogP) is 3.74. The van der Waals surface area contributed by atoms with Crippen molar-refractivity contribution in [1.82, 2.24) is 0 Å². The lowest BCUT2D eigenvalue weighted by atomic mass is 10.1. The quantitative estimate of drug-likeness (QED) is 0.664. The van der Waals surface area contributed by atoms with Crippen LogP contribution in [0, 0.1) is 0 Å². The summed E-state index contributed by atoms with van der Waals surface area (Å²) in [5, 5.41) is 0. The molecular weight excluding hydrogens is 184 g/mol. The Morgan fingerprint density at radius 1 is 1.13 bits per heavy atom. The van der Waals surface area contributed by atoms with E-state index >= 15 is 0 Å². The number of rotatable bonds is 5. The van der Waals surface area contributed by atoms with Gasteiger partial charge in [-0.3, -0.25) is 0 Å². The smallest absolute Gasteiger partial charge is 0.119 e. The zero-order valence-corrected chi connectivity index (χ0v) is 9.59. The van der Waals surface area contributed by atoms with E-state index in [9.17, 15) is 0 Å². The van der Waals surface area contributed by atoms with E-state index in [0.717, 1.165) is 12.4 Å². The van der Waals surface area contributed by atoms with Gasteiger partial charge in [-0.25, -0.2) is 0 Å². The standard InChI is InChI=1S/C14H20O/c1-2-3-4-10-15-14-9-8-12-6-5-7-13(12)11-14/h8-9,11H,2-7,10H2,1H3. The summed E-state index contributed by atoms with van der Waals surface area (Å²) in [5.41, 5.74) is 3.03. The van der Waals surface area contributed by atoms with Crippen LogP contribution < -0.4 is 4.74 Å². The van der Waals surface area contributed by atoms with E-state index in [1.807, 2.05) is 0 Å². The van der Waals surface area contributed by atoms with Gasteiger partial charge in [0.05, 0.1) is 6.61 Å². The highest BCUT2D eigenvalue weighted by atomic mass is 16.5. The van der Waals surface area contributed by atoms with E-state index in [-0.39, 0.29) is 0 Å². The first-order chi connectivity index (χ1) is 7.40. The third-order valence-electron chi connectivity index (χ3n) is 3.09. The maximum Gasteiger partial charge on any atom is 0.119 e. The highest BCUT2D eigenvalue weighted by Crippen LogP contribution is 2.26. The highest BCUT2D eigenvalue weighted by molar-refractivity contribution is 5.38. The molecule has 0 amide bonds. The van der Waals surface area contributed by atoms with Gasteiger partial charge in [0.2, 0.25) is 0 Å². The lowest BCUT2D eigenvalue weighted by molar-refractivity contribution is 0.306. The summed E-state index contributed by atoms with van der Waals surface area (Å²) >= 11 is 0. The van der Waals surface area contributed by atoms with Gasteiger partial charge in [-0.15, -0.1) is 0 Å². The summed E-state index contributed by atoms with van der Waals surface area (Å²) in [6.07, 6.45) is 7.51. The monoisotopic (exact) mass is 204 g/mol. The Bertz CT molecular complexity index is 317. The molecule has 0 N–H and O–H groups in total. The van der Waals surface area contributed by atoms with Gasteiger partial charge >= 0.3 is 0 Å². The van der Waals surface area contributed by atoms with Crippen LogP contribution in [-0.4, -0.2) is 6.61 Å². The molecule has 0 fully saturated rings. The minimum atomic E-state index is 0.868. The van der Waals surface area contributed by atoms with Gasteiger partial charge in [0.1, 0.15) is 5.75 Å². The van der Waals surface area contributed by atoms with Crippen LogP contribution in [0.5, 0.6) is 5.75 Å². The van der Waals surface area contributed by atoms with E-state index < -0.39 is 0 Å². The third kappa shape index (κ3) is 2.74. The first-order valence-corrected chi connectivity index (χ1v) is 6.15. The van der Waals surface area contributed by atoms with Crippen molar-refractivity contribution in [2.24, 2.45) is 0 Å². The van der Waals surface area contributed by atoms with Gasteiger partial charge in [0, 0.05) is 0 Å². The molecule has 0 spiro atoms. The number of ether oxygens (including phenoxy) is 1. The Balaban J connectivity index is 1.87. The summed E-state index contributed by atoms with van der Waals surface area (Å²) in [4.78, 5) is 0. The van der Waals surface area contributed by atoms with Crippen molar-refractivity contribution in [2.75, 3.05) is 6.61 Å². The van der Waals surface area contributed by atoms with E-state index in [1.54, 1.807) is 0 Å². The normalized spacial score (nSPS) is 13.9. The van der Waals surface area contributed by atoms with Gasteiger partial charge in [-0.2, -0.15) is 0 Å². The zero-order valence-electron chi connectivity index (χ0n) is 9.59. The van der Waals surface area contributed by atoms with Crippen molar-refractivity contribution in [1.29, 1.82) is 0 Å². The fraction of sp³-hybridized carbons (Fsp3) is 0.571. The van der Waals surface area contributed by atoms with E-state index in [1.165, 1.54) is 49.7 Å². The number of fused-ring (bicyclic) bond motifs is 1. The fourth-order valence-corrected chi connectivity index (χ4v) is 2.18. The maximum atomic E-state index is 5.73. The molecule has 0 atom stereocenters. The Hall–Kier alpha value is -0.980. The molecule has 0 aliphatic heterocycles. The molecule has 82 valence electrons. The van der Waals surface area contributed by atoms with Crippen LogP contribution >= 0.6 is 0 Å². The molecule has 1 nitrogen and oxygen atoms in total. The molecule has 0 radical (unpaired) electrons. The predicted molar refractivity (Wildman–Crippen MR) is 63.5 cm³/mol. The Kier molecular flexibility index (Phi) is 3.65. The van der Waals surface area contributed by atoms with Crippen LogP contribution in [0.2, 0.25) is 0 Å². The first-order valence-electron chi connectivity index (χ1n) is 6.15. The molecule has 0 bridgehead atoms. The summed E-state index contributed by atoms with van der Waals surface area (Å²) in [7, 11) is 0. The van der Waals surface area contributed by atoms with Crippen molar-refractivity contribution in [2.45, 2.75) is 45.4 Å². The lowest BCUT2D eigenvalue weighted by Gasteiger charge is -2.07. The van der Waals surface area contributed by atoms with Gasteiger partial charge in [0.15, 0.2) is 0 Å². The van der Waals surface area contributed by atoms with Gasteiger partial charge in [-0.1, -0.05) is 25.8 Å². The molecule has 2 rings (SSSR count). The molecule has 0 saturated carbocycles. The van der Waals surface area contributed by atoms with Gasteiger partial charge < -0.3 is 4.74 Å². The third-order valence-corrected chi connectivity index (χ3v) is 3.09. The molecule has 1 heteroatoms. The maximum absolute atomic E-state index is 5.73. The summed E-state index contributed by atoms with van der Waals surface area (Å²) in [6.45, 7) is 3.09. The summed E-state index contributed by atoms with van der Waals surface area (Å²) in [5.74, 6) is 1.06. The Morgan fingerprint density at radius 3 is 2.87 bits per heavy atom. The molecule has 0 aromatic heterocycles. The number of hydrogen-bond donors (Lipinski definition) is 0. The molecule has 1 aromatic carbocycles. The minimum Gasteiger partial charge on any atom is -0.494 e. The Morgan fingerprint density at radius 2 is 2.00 bits per heavy atom. The van der Waals surface area contributed by atoms with Crippen molar-refractivity contribution >= 4 is 0 Å². The lowest BCUT2D eigenvalue weighted by Crippen LogP contribution is -1.97. The van der Waals surface area contributed by atoms with E-state index in [0.29, 0.717) is 0 Å². The highest BCUT2D eigenvalue weighted by Gasteiger charge is 2.10. The van der Waals surface area contributed by atoms with E-state index in [4.69, 9.17) is 4.74 Å². The summed E-state index contributed by atoms with van der Waals surface area (Å²) < 4.78 is 5.73. The second-order valence-corrected chi connectivity index (χ2v) is 4.34. The van der Waals surface area contributed by atoms with E-state index in [2.05, 4.69) is 25.1 Å². The van der Waals surface area contributed by atoms with Crippen LogP contribution in [0.25, 0.3) is 0 Å². The van der Waals surface area contributed by atoms with Crippen molar-refractivity contribution in [3.8, 4) is 5.75 Å². The van der Waals surface area contributed by atoms with Crippen LogP contribution in [0.4, 0.5) is 0 Å². The number of unbranched alkanes of at least 4 members (excludes halogenated alkanes) is 2. The topological polar surface area (TPSA) is 9.23 Å². The first kappa shape index (κ1) is 10.5. The van der Waals surface area contributed by atoms with Crippen LogP contribution in [0.15, 0.2) is 18.2 Å². The zero-order chi connectivity index (χ0) is 10.5. The molecule has 1 aliphatic carbocycles. The second kappa shape index (κ2) is 5.20. The number of aryl methyl sites for hydroxylation is 2. The van der Waals surface area contributed by atoms with Crippen molar-refractivity contribution < 1.29 is 4.74 Å². The molecule has 1 aromatic rings. The Labute approximate surface area is 92.5 Å². The molecular formula is C14H20O. The van der Waals surface area contributed by atoms with Crippen molar-refractivity contribution in [3.63, 3.8) is 0 Å². The molecule has 15 heavy (non-hydrogen) atoms. The molecule has 0 unspecified atom stereocenters. The van der Waals surface area contributed by atoms with Crippen LogP contribution in [0.1, 0.15) is 43.7 Å². The van der Waals surface area contributed by atoms with Gasteiger partial charge in [0.25, 0.3) is 0 Å². The van der Waals surface area contributed by atoms with Crippen LogP contribution in [0.3, 0.4) is 0 Å². The molecule has 1 aliphatic rings. The van der Waals surface area contributed by atoms with Crippen LogP contribution in [-0.2, 0) is 12.8 Å². The molecule has 0 saturated heterocycles.